The van der Waals surface area contributed by atoms with Crippen LogP contribution in [-0.4, -0.2) is 11.5 Å². The smallest absolute Gasteiger partial charge is 0.106 e. The van der Waals surface area contributed by atoms with Crippen LogP contribution in [0.5, 0.6) is 0 Å². The van der Waals surface area contributed by atoms with Crippen LogP contribution in [-0.2, 0) is 6.54 Å². The van der Waals surface area contributed by atoms with Gasteiger partial charge in [0.25, 0.3) is 0 Å². The maximum Gasteiger partial charge on any atom is 0.106 e. The quantitative estimate of drug-likeness (QED) is 0.817. The number of hydrogen-bond acceptors (Lipinski definition) is 3. The van der Waals surface area contributed by atoms with Crippen LogP contribution in [0.2, 0.25) is 0 Å². The summed E-state index contributed by atoms with van der Waals surface area (Å²) in [5.41, 5.74) is 7.84. The van der Waals surface area contributed by atoms with Crippen LogP contribution in [0.4, 0.5) is 5.69 Å². The van der Waals surface area contributed by atoms with Gasteiger partial charge in [-0.05, 0) is 36.6 Å². The third kappa shape index (κ3) is 3.55. The molecule has 0 radical (unpaired) electrons. The summed E-state index contributed by atoms with van der Waals surface area (Å²) in [5.74, 6) is 0. The third-order valence-corrected chi connectivity index (χ3v) is 4.45. The normalized spacial score (nSPS) is 10.4. The molecule has 0 unspecified atom stereocenters. The first-order chi connectivity index (χ1) is 9.11. The molecule has 2 rings (SSSR count). The number of anilines is 1. The fourth-order valence-electron chi connectivity index (χ4n) is 1.94. The Morgan fingerprint density at radius 1 is 1.42 bits per heavy atom. The van der Waals surface area contributed by atoms with Crippen molar-refractivity contribution in [3.8, 4) is 0 Å². The lowest BCUT2D eigenvalue weighted by Gasteiger charge is -2.25. The first-order valence-corrected chi connectivity index (χ1v) is 8.06. The summed E-state index contributed by atoms with van der Waals surface area (Å²) in [7, 11) is 0. The molecule has 100 valence electrons. The number of benzene rings is 1. The van der Waals surface area contributed by atoms with Crippen LogP contribution < -0.4 is 10.6 Å². The van der Waals surface area contributed by atoms with E-state index in [4.69, 9.17) is 18.0 Å². The van der Waals surface area contributed by atoms with Crippen molar-refractivity contribution in [2.45, 2.75) is 13.5 Å². The van der Waals surface area contributed by atoms with Gasteiger partial charge in [-0.25, -0.2) is 0 Å². The minimum Gasteiger partial charge on any atom is -0.389 e. The molecule has 2 nitrogen and oxygen atoms in total. The van der Waals surface area contributed by atoms with E-state index in [1.54, 1.807) is 11.3 Å². The van der Waals surface area contributed by atoms with Crippen LogP contribution >= 0.6 is 39.5 Å². The van der Waals surface area contributed by atoms with E-state index in [1.807, 2.05) is 12.1 Å². The summed E-state index contributed by atoms with van der Waals surface area (Å²) in [6, 6.07) is 10.3. The Morgan fingerprint density at radius 3 is 2.79 bits per heavy atom. The van der Waals surface area contributed by atoms with Crippen molar-refractivity contribution in [1.29, 1.82) is 0 Å². The van der Waals surface area contributed by atoms with Crippen molar-refractivity contribution in [2.24, 2.45) is 5.73 Å². The lowest BCUT2D eigenvalue weighted by Crippen LogP contribution is -2.25. The van der Waals surface area contributed by atoms with E-state index in [0.717, 1.165) is 28.8 Å². The van der Waals surface area contributed by atoms with Gasteiger partial charge in [0.2, 0.25) is 0 Å². The Balaban J connectivity index is 2.35. The molecule has 19 heavy (non-hydrogen) atoms. The highest BCUT2D eigenvalue weighted by atomic mass is 79.9. The van der Waals surface area contributed by atoms with E-state index in [1.165, 1.54) is 4.88 Å². The molecule has 0 fully saturated rings. The largest absolute Gasteiger partial charge is 0.389 e. The lowest BCUT2D eigenvalue weighted by atomic mass is 10.1. The highest BCUT2D eigenvalue weighted by Crippen LogP contribution is 2.26. The molecule has 0 bridgehead atoms. The molecule has 1 aromatic heterocycles. The molecule has 0 saturated carbocycles. The number of rotatable bonds is 5. The minimum absolute atomic E-state index is 0.431. The van der Waals surface area contributed by atoms with Gasteiger partial charge in [-0.15, -0.1) is 11.3 Å². The van der Waals surface area contributed by atoms with Gasteiger partial charge in [0.05, 0.1) is 6.54 Å². The van der Waals surface area contributed by atoms with Gasteiger partial charge in [-0.1, -0.05) is 34.2 Å². The average molecular weight is 355 g/mol. The maximum absolute atomic E-state index is 5.84. The molecule has 0 amide bonds. The van der Waals surface area contributed by atoms with Crippen molar-refractivity contribution in [3.63, 3.8) is 0 Å². The molecule has 1 heterocycles. The molecule has 0 spiro atoms. The van der Waals surface area contributed by atoms with Gasteiger partial charge < -0.3 is 10.6 Å². The highest BCUT2D eigenvalue weighted by molar-refractivity contribution is 9.10. The van der Waals surface area contributed by atoms with Gasteiger partial charge in [-0.2, -0.15) is 0 Å². The Morgan fingerprint density at radius 2 is 2.21 bits per heavy atom. The monoisotopic (exact) mass is 354 g/mol. The lowest BCUT2D eigenvalue weighted by molar-refractivity contribution is 0.841. The predicted octanol–water partition coefficient (Wildman–Crippen LogP) is 4.17. The molecule has 0 aliphatic carbocycles. The Hall–Kier alpha value is -0.910. The Labute approximate surface area is 131 Å². The first kappa shape index (κ1) is 14.5. The van der Waals surface area contributed by atoms with Crippen molar-refractivity contribution >= 4 is 50.2 Å². The molecular weight excluding hydrogens is 340 g/mol. The first-order valence-electron chi connectivity index (χ1n) is 5.98. The van der Waals surface area contributed by atoms with Crippen molar-refractivity contribution in [2.75, 3.05) is 11.4 Å². The van der Waals surface area contributed by atoms with E-state index in [9.17, 15) is 0 Å². The van der Waals surface area contributed by atoms with Crippen molar-refractivity contribution in [1.82, 2.24) is 0 Å². The van der Waals surface area contributed by atoms with Crippen LogP contribution in [0.25, 0.3) is 0 Å². The van der Waals surface area contributed by atoms with Crippen LogP contribution in [0, 0.1) is 0 Å². The maximum atomic E-state index is 5.84. The fraction of sp³-hybridized carbons (Fsp3) is 0.214. The summed E-state index contributed by atoms with van der Waals surface area (Å²) in [4.78, 5) is 4.05. The number of halogens is 1. The molecular formula is C14H15BrN2S2. The van der Waals surface area contributed by atoms with E-state index in [0.29, 0.717) is 4.99 Å². The Bertz CT molecular complexity index is 567. The molecule has 2 N–H and O–H groups in total. The average Bonchev–Trinajstić information content (AvgIpc) is 2.89. The van der Waals surface area contributed by atoms with Crippen LogP contribution in [0.3, 0.4) is 0 Å². The van der Waals surface area contributed by atoms with Gasteiger partial charge in [0, 0.05) is 27.1 Å². The van der Waals surface area contributed by atoms with Crippen LogP contribution in [0.1, 0.15) is 17.4 Å². The van der Waals surface area contributed by atoms with E-state index >= 15 is 0 Å². The topological polar surface area (TPSA) is 29.3 Å². The number of nitrogens with zero attached hydrogens (tertiary/aromatic N) is 1. The summed E-state index contributed by atoms with van der Waals surface area (Å²) in [6.45, 7) is 3.93. The van der Waals surface area contributed by atoms with Crippen molar-refractivity contribution < 1.29 is 0 Å². The molecule has 5 heteroatoms. The molecule has 0 aliphatic rings. The zero-order chi connectivity index (χ0) is 13.8. The zero-order valence-electron chi connectivity index (χ0n) is 10.6. The fourth-order valence-corrected chi connectivity index (χ4v) is 3.18. The molecule has 0 aliphatic heterocycles. The summed E-state index contributed by atoms with van der Waals surface area (Å²) >= 11 is 10.4. The second-order valence-electron chi connectivity index (χ2n) is 4.12. The number of thiocarbonyl (C=S) groups is 1. The van der Waals surface area contributed by atoms with E-state index < -0.39 is 0 Å². The SMILES string of the molecule is CCN(Cc1cccs1)c1ccc(Br)cc1C(N)=S. The van der Waals surface area contributed by atoms with Crippen LogP contribution in [0.15, 0.2) is 40.2 Å². The summed E-state index contributed by atoms with van der Waals surface area (Å²) in [5, 5.41) is 2.10. The van der Waals surface area contributed by atoms with Gasteiger partial charge in [0.15, 0.2) is 0 Å². The Kier molecular flexibility index (Phi) is 4.96. The third-order valence-electron chi connectivity index (χ3n) is 2.87. The molecule has 1 aromatic carbocycles. The molecule has 0 saturated heterocycles. The predicted molar refractivity (Wildman–Crippen MR) is 91.1 cm³/mol. The second-order valence-corrected chi connectivity index (χ2v) is 6.51. The van der Waals surface area contributed by atoms with Crippen molar-refractivity contribution in [3.05, 3.63) is 50.6 Å². The summed E-state index contributed by atoms with van der Waals surface area (Å²) < 4.78 is 0.992. The van der Waals surface area contributed by atoms with Gasteiger partial charge in [0.1, 0.15) is 4.99 Å². The summed E-state index contributed by atoms with van der Waals surface area (Å²) in [6.07, 6.45) is 0. The zero-order valence-corrected chi connectivity index (χ0v) is 13.8. The minimum atomic E-state index is 0.431. The van der Waals surface area contributed by atoms with Gasteiger partial charge >= 0.3 is 0 Å². The van der Waals surface area contributed by atoms with Gasteiger partial charge in [-0.3, -0.25) is 0 Å². The number of thiophene rings is 1. The molecule has 2 aromatic rings. The second kappa shape index (κ2) is 6.50. The van der Waals surface area contributed by atoms with E-state index in [-0.39, 0.29) is 0 Å². The number of nitrogens with two attached hydrogens (primary N) is 1. The number of hydrogen-bond donors (Lipinski definition) is 1. The molecule has 0 atom stereocenters. The highest BCUT2D eigenvalue weighted by Gasteiger charge is 2.13. The standard InChI is InChI=1S/C14H15BrN2S2/c1-2-17(9-11-4-3-7-19-11)13-6-5-10(15)8-12(13)14(16)18/h3-8H,2,9H2,1H3,(H2,16,18). The van der Waals surface area contributed by atoms with E-state index in [2.05, 4.69) is 51.3 Å².